The molecule has 0 spiro atoms. The van der Waals surface area contributed by atoms with E-state index in [1.54, 1.807) is 11.8 Å². The average molecular weight is 240 g/mol. The topological polar surface area (TPSA) is 9.23 Å². The minimum atomic E-state index is 0.634. The highest BCUT2D eigenvalue weighted by molar-refractivity contribution is 8.47. The van der Waals surface area contributed by atoms with Gasteiger partial charge in [-0.15, -0.1) is 11.8 Å². The van der Waals surface area contributed by atoms with Gasteiger partial charge in [-0.3, -0.25) is 0 Å². The number of rotatable bonds is 6. The molecular formula is C9H20OS3. The summed E-state index contributed by atoms with van der Waals surface area (Å²) in [7, 11) is 0. The zero-order chi connectivity index (χ0) is 10.1. The second kappa shape index (κ2) is 9.31. The second-order valence-corrected chi connectivity index (χ2v) is 7.19. The van der Waals surface area contributed by atoms with Gasteiger partial charge in [0.05, 0.1) is 10.1 Å². The Morgan fingerprint density at radius 2 is 2.23 bits per heavy atom. The third-order valence-corrected chi connectivity index (χ3v) is 4.16. The Labute approximate surface area is 95.4 Å². The Hall–Kier alpha value is 0.750. The van der Waals surface area contributed by atoms with Crippen molar-refractivity contribution >= 4 is 39.3 Å². The molecule has 0 aromatic carbocycles. The van der Waals surface area contributed by atoms with E-state index in [0.29, 0.717) is 5.92 Å². The summed E-state index contributed by atoms with van der Waals surface area (Å²) in [5.74, 6) is 2.83. The monoisotopic (exact) mass is 240 g/mol. The minimum Gasteiger partial charge on any atom is -0.380 e. The molecule has 0 saturated carbocycles. The molecule has 0 unspecified atom stereocenters. The normalized spacial score (nSPS) is 12.3. The molecule has 80 valence electrons. The van der Waals surface area contributed by atoms with E-state index in [2.05, 4.69) is 20.8 Å². The van der Waals surface area contributed by atoms with Gasteiger partial charge >= 0.3 is 0 Å². The Morgan fingerprint density at radius 1 is 1.54 bits per heavy atom. The van der Waals surface area contributed by atoms with E-state index in [4.69, 9.17) is 17.0 Å². The van der Waals surface area contributed by atoms with Gasteiger partial charge in [-0.05, 0) is 11.7 Å². The van der Waals surface area contributed by atoms with Crippen LogP contribution < -0.4 is 0 Å². The van der Waals surface area contributed by atoms with Crippen molar-refractivity contribution in [1.82, 2.24) is 0 Å². The van der Waals surface area contributed by atoms with Gasteiger partial charge in [0.2, 0.25) is 0 Å². The van der Waals surface area contributed by atoms with Crippen molar-refractivity contribution in [2.75, 3.05) is 24.7 Å². The van der Waals surface area contributed by atoms with E-state index in [1.807, 2.05) is 0 Å². The molecule has 0 aromatic rings. The van der Waals surface area contributed by atoms with Crippen molar-refractivity contribution in [1.29, 1.82) is 0 Å². The minimum absolute atomic E-state index is 0.634. The maximum absolute atomic E-state index is 5.45. The van der Waals surface area contributed by atoms with Gasteiger partial charge < -0.3 is 4.74 Å². The Morgan fingerprint density at radius 3 is 2.77 bits per heavy atom. The highest BCUT2D eigenvalue weighted by Gasteiger charge is 1.96. The molecule has 0 radical (unpaired) electrons. The fourth-order valence-corrected chi connectivity index (χ4v) is 3.21. The van der Waals surface area contributed by atoms with Gasteiger partial charge in [0.25, 0.3) is 0 Å². The van der Waals surface area contributed by atoms with Crippen LogP contribution in [0.4, 0.5) is 0 Å². The van der Waals surface area contributed by atoms with Crippen molar-refractivity contribution in [3.8, 4) is 0 Å². The summed E-state index contributed by atoms with van der Waals surface area (Å²) < 4.78 is 6.59. The van der Waals surface area contributed by atoms with Crippen molar-refractivity contribution in [2.45, 2.75) is 20.8 Å². The van der Waals surface area contributed by atoms with Gasteiger partial charge in [0, 0.05) is 12.4 Å². The first-order valence-corrected chi connectivity index (χ1v) is 7.25. The molecule has 13 heavy (non-hydrogen) atoms. The largest absolute Gasteiger partial charge is 0.380 e. The van der Waals surface area contributed by atoms with Gasteiger partial charge in [-0.1, -0.05) is 33.0 Å². The van der Waals surface area contributed by atoms with E-state index < -0.39 is 0 Å². The molecule has 0 aliphatic carbocycles. The highest BCUT2D eigenvalue weighted by atomic mass is 32.2. The lowest BCUT2D eigenvalue weighted by Gasteiger charge is -2.06. The first kappa shape index (κ1) is 13.8. The fourth-order valence-electron chi connectivity index (χ4n) is 0.708. The molecule has 0 saturated heterocycles. The first-order chi connectivity index (χ1) is 6.16. The highest BCUT2D eigenvalue weighted by Crippen LogP contribution is 2.16. The summed E-state index contributed by atoms with van der Waals surface area (Å²) in [6, 6.07) is 0. The molecule has 0 N–H and O–H groups in total. The number of ether oxygens (including phenoxy) is 1. The molecule has 0 fully saturated rings. The quantitative estimate of drug-likeness (QED) is 0.522. The van der Waals surface area contributed by atoms with Gasteiger partial charge in [-0.2, -0.15) is 0 Å². The molecule has 0 aliphatic heterocycles. The van der Waals surface area contributed by atoms with E-state index in [1.165, 1.54) is 5.75 Å². The molecule has 0 atom stereocenters. The van der Waals surface area contributed by atoms with Crippen molar-refractivity contribution in [3.63, 3.8) is 0 Å². The van der Waals surface area contributed by atoms with Crippen LogP contribution in [0, 0.1) is 5.92 Å². The van der Waals surface area contributed by atoms with Gasteiger partial charge in [0.1, 0.15) is 0 Å². The van der Waals surface area contributed by atoms with Crippen LogP contribution in [0.3, 0.4) is 0 Å². The maximum Gasteiger partial charge on any atom is 0.0816 e. The summed E-state index contributed by atoms with van der Waals surface area (Å²) in [4.78, 5) is 0. The summed E-state index contributed by atoms with van der Waals surface area (Å²) in [6.07, 6.45) is 0. The van der Waals surface area contributed by atoms with Crippen molar-refractivity contribution < 1.29 is 4.74 Å². The Bertz CT molecular complexity index is 137. The van der Waals surface area contributed by atoms with E-state index in [9.17, 15) is 0 Å². The summed E-state index contributed by atoms with van der Waals surface area (Å²) >= 11 is 7.78. The molecule has 0 heterocycles. The molecule has 0 bridgehead atoms. The Kier molecular flexibility index (Phi) is 9.85. The summed E-state index contributed by atoms with van der Waals surface area (Å²) in [6.45, 7) is 8.19. The summed E-state index contributed by atoms with van der Waals surface area (Å²) in [5.41, 5.74) is 0. The lowest BCUT2D eigenvalue weighted by atomic mass is 10.2. The van der Waals surface area contributed by atoms with Crippen molar-refractivity contribution in [2.24, 2.45) is 5.92 Å². The average Bonchev–Trinajstić information content (AvgIpc) is 2.03. The van der Waals surface area contributed by atoms with Gasteiger partial charge in [0.15, 0.2) is 0 Å². The first-order valence-electron chi connectivity index (χ1n) is 4.65. The molecule has 0 aliphatic rings. The summed E-state index contributed by atoms with van der Waals surface area (Å²) in [5, 5.41) is 0. The van der Waals surface area contributed by atoms with Crippen LogP contribution in [0.25, 0.3) is 0 Å². The lowest BCUT2D eigenvalue weighted by Crippen LogP contribution is -2.05. The van der Waals surface area contributed by atoms with Crippen LogP contribution in [0.1, 0.15) is 20.8 Å². The fraction of sp³-hybridized carbons (Fsp3) is 0.889. The molecular weight excluding hydrogens is 220 g/mol. The number of hydrogen-bond donors (Lipinski definition) is 0. The maximum atomic E-state index is 5.45. The standard InChI is InChI=1S/C9H20OS3/c1-4-12-9(11)13-6-5-10-7-8(2)3/h8H,4-7,12H2,1-3H3. The zero-order valence-electron chi connectivity index (χ0n) is 8.63. The van der Waals surface area contributed by atoms with Crippen LogP contribution in [0.15, 0.2) is 0 Å². The molecule has 0 aromatic heterocycles. The number of thiocarbonyl (C=S) groups is 1. The predicted molar refractivity (Wildman–Crippen MR) is 71.6 cm³/mol. The van der Waals surface area contributed by atoms with Crippen LogP contribution in [0.5, 0.6) is 0 Å². The molecule has 4 heteroatoms. The molecule has 0 amide bonds. The van der Waals surface area contributed by atoms with Crippen LogP contribution >= 0.6 is 35.7 Å². The SMILES string of the molecule is CC[SH2]C(=S)SCCOCC(C)C. The van der Waals surface area contributed by atoms with E-state index >= 15 is 0 Å². The van der Waals surface area contributed by atoms with Crippen LogP contribution in [0.2, 0.25) is 0 Å². The second-order valence-electron chi connectivity index (χ2n) is 3.14. The van der Waals surface area contributed by atoms with Gasteiger partial charge in [-0.25, -0.2) is 11.8 Å². The number of thioether (sulfide) groups is 1. The van der Waals surface area contributed by atoms with Crippen LogP contribution in [-0.4, -0.2) is 28.2 Å². The smallest absolute Gasteiger partial charge is 0.0816 e. The number of hydrogen-bond acceptors (Lipinski definition) is 3. The third-order valence-electron chi connectivity index (χ3n) is 1.23. The Balaban J connectivity index is 3.11. The molecule has 1 nitrogen and oxygen atoms in total. The molecule has 0 rings (SSSR count). The predicted octanol–water partition coefficient (Wildman–Crippen LogP) is 2.89. The van der Waals surface area contributed by atoms with Crippen LogP contribution in [-0.2, 0) is 4.74 Å². The van der Waals surface area contributed by atoms with E-state index in [0.717, 1.165) is 34.3 Å². The zero-order valence-corrected chi connectivity index (χ0v) is 11.3. The lowest BCUT2D eigenvalue weighted by molar-refractivity contribution is 0.124. The van der Waals surface area contributed by atoms with Crippen molar-refractivity contribution in [3.05, 3.63) is 0 Å². The van der Waals surface area contributed by atoms with E-state index in [-0.39, 0.29) is 0 Å². The third kappa shape index (κ3) is 10.7.